The quantitative estimate of drug-likeness (QED) is 0.526. The molecule has 0 aromatic rings. The van der Waals surface area contributed by atoms with Gasteiger partial charge in [-0.3, -0.25) is 0 Å². The van der Waals surface area contributed by atoms with Crippen LogP contribution < -0.4 is 0 Å². The molecule has 0 saturated heterocycles. The normalized spacial score (nSPS) is 13.1. The Morgan fingerprint density at radius 2 is 2.10 bits per heavy atom. The summed E-state index contributed by atoms with van der Waals surface area (Å²) < 4.78 is 12.6. The third-order valence-corrected chi connectivity index (χ3v) is 1.55. The number of hydrogen-bond donors (Lipinski definition) is 0. The zero-order valence-corrected chi connectivity index (χ0v) is 6.78. The van der Waals surface area contributed by atoms with Crippen molar-refractivity contribution in [3.05, 3.63) is 11.4 Å². The van der Waals surface area contributed by atoms with Gasteiger partial charge >= 0.3 is 0 Å². The lowest BCUT2D eigenvalue weighted by atomic mass is 9.99. The van der Waals surface area contributed by atoms with Crippen LogP contribution in [0, 0.1) is 0 Å². The van der Waals surface area contributed by atoms with Crippen molar-refractivity contribution in [2.75, 3.05) is 0 Å². The van der Waals surface area contributed by atoms with Crippen molar-refractivity contribution < 1.29 is 4.39 Å². The minimum absolute atomic E-state index is 0.0511. The van der Waals surface area contributed by atoms with Crippen molar-refractivity contribution in [2.45, 2.75) is 39.4 Å². The second kappa shape index (κ2) is 5.51. The minimum atomic E-state index is -0.145. The SMILES string of the molecule is [B]C/C(F)=C(/C)CCCC. The van der Waals surface area contributed by atoms with Gasteiger partial charge in [0.05, 0.1) is 13.7 Å². The molecule has 0 aromatic carbocycles. The molecule has 0 fully saturated rings. The van der Waals surface area contributed by atoms with E-state index in [0.717, 1.165) is 24.8 Å². The van der Waals surface area contributed by atoms with E-state index < -0.39 is 0 Å². The van der Waals surface area contributed by atoms with E-state index in [9.17, 15) is 4.39 Å². The van der Waals surface area contributed by atoms with Crippen molar-refractivity contribution in [3.63, 3.8) is 0 Å². The van der Waals surface area contributed by atoms with Crippen LogP contribution >= 0.6 is 0 Å². The average molecular weight is 140 g/mol. The zero-order valence-electron chi connectivity index (χ0n) is 6.78. The molecule has 10 heavy (non-hydrogen) atoms. The van der Waals surface area contributed by atoms with E-state index in [1.54, 1.807) is 6.92 Å². The highest BCUT2D eigenvalue weighted by Gasteiger charge is 1.96. The monoisotopic (exact) mass is 140 g/mol. The molecular formula is C8H14BF. The molecule has 0 unspecified atom stereocenters. The first-order valence-electron chi connectivity index (χ1n) is 3.76. The lowest BCUT2D eigenvalue weighted by Crippen LogP contribution is -1.82. The fourth-order valence-electron chi connectivity index (χ4n) is 0.752. The first kappa shape index (κ1) is 9.73. The van der Waals surface area contributed by atoms with Crippen molar-refractivity contribution >= 4 is 7.85 Å². The molecule has 2 radical (unpaired) electrons. The van der Waals surface area contributed by atoms with Gasteiger partial charge in [-0.05, 0) is 31.7 Å². The van der Waals surface area contributed by atoms with E-state index in [1.165, 1.54) is 0 Å². The van der Waals surface area contributed by atoms with Gasteiger partial charge in [0.2, 0.25) is 0 Å². The fourth-order valence-corrected chi connectivity index (χ4v) is 0.752. The van der Waals surface area contributed by atoms with Gasteiger partial charge in [0.25, 0.3) is 0 Å². The van der Waals surface area contributed by atoms with Crippen molar-refractivity contribution in [3.8, 4) is 0 Å². The molecular weight excluding hydrogens is 126 g/mol. The highest BCUT2D eigenvalue weighted by molar-refractivity contribution is 6.10. The Labute approximate surface area is 63.9 Å². The fraction of sp³-hybridized carbons (Fsp3) is 0.750. The summed E-state index contributed by atoms with van der Waals surface area (Å²) in [5.41, 5.74) is 0.810. The maximum Gasteiger partial charge on any atom is 0.0903 e. The molecule has 0 aromatic heterocycles. The van der Waals surface area contributed by atoms with Gasteiger partial charge in [0.15, 0.2) is 0 Å². The van der Waals surface area contributed by atoms with E-state index in [0.29, 0.717) is 0 Å². The molecule has 0 N–H and O–H groups in total. The summed E-state index contributed by atoms with van der Waals surface area (Å²) in [6.45, 7) is 3.89. The van der Waals surface area contributed by atoms with Crippen LogP contribution in [0.15, 0.2) is 11.4 Å². The molecule has 0 spiro atoms. The number of hydrogen-bond acceptors (Lipinski definition) is 0. The van der Waals surface area contributed by atoms with Crippen LogP contribution in [-0.4, -0.2) is 7.85 Å². The Morgan fingerprint density at radius 3 is 2.50 bits per heavy atom. The highest BCUT2D eigenvalue weighted by Crippen LogP contribution is 2.14. The molecule has 0 aliphatic rings. The third kappa shape index (κ3) is 3.70. The van der Waals surface area contributed by atoms with Gasteiger partial charge in [-0.1, -0.05) is 13.3 Å². The summed E-state index contributed by atoms with van der Waals surface area (Å²) in [5.74, 6) is -0.145. The van der Waals surface area contributed by atoms with E-state index in [2.05, 4.69) is 6.92 Å². The highest BCUT2D eigenvalue weighted by atomic mass is 19.1. The summed E-state index contributed by atoms with van der Waals surface area (Å²) in [6.07, 6.45) is 3.06. The van der Waals surface area contributed by atoms with Crippen LogP contribution in [0.1, 0.15) is 33.1 Å². The van der Waals surface area contributed by atoms with Crippen LogP contribution in [-0.2, 0) is 0 Å². The van der Waals surface area contributed by atoms with Crippen molar-refractivity contribution in [1.29, 1.82) is 0 Å². The smallest absolute Gasteiger partial charge is 0.0903 e. The summed E-state index contributed by atoms with van der Waals surface area (Å²) in [5, 5.41) is 0. The van der Waals surface area contributed by atoms with Crippen LogP contribution in [0.5, 0.6) is 0 Å². The Kier molecular flexibility index (Phi) is 5.37. The maximum atomic E-state index is 12.6. The Morgan fingerprint density at radius 1 is 1.50 bits per heavy atom. The summed E-state index contributed by atoms with van der Waals surface area (Å²) >= 11 is 0. The van der Waals surface area contributed by atoms with Crippen LogP contribution in [0.25, 0.3) is 0 Å². The standard InChI is InChI=1S/C8H14BF/c1-3-4-5-7(2)8(10)6-9/h3-6H2,1-2H3/b8-7+. The molecule has 0 aliphatic heterocycles. The molecule has 0 nitrogen and oxygen atoms in total. The third-order valence-electron chi connectivity index (χ3n) is 1.55. The number of unbranched alkanes of at least 4 members (excludes halogenated alkanes) is 1. The van der Waals surface area contributed by atoms with Gasteiger partial charge in [-0.2, -0.15) is 0 Å². The number of allylic oxidation sites excluding steroid dienone is 2. The lowest BCUT2D eigenvalue weighted by Gasteiger charge is -2.00. The Hall–Kier alpha value is -0.265. The van der Waals surface area contributed by atoms with Crippen LogP contribution in [0.4, 0.5) is 4.39 Å². The molecule has 0 amide bonds. The Balaban J connectivity index is 3.68. The summed E-state index contributed by atoms with van der Waals surface area (Å²) in [7, 11) is 5.11. The first-order chi connectivity index (χ1) is 4.72. The predicted octanol–water partition coefficient (Wildman–Crippen LogP) is 3.01. The van der Waals surface area contributed by atoms with E-state index in [-0.39, 0.29) is 12.1 Å². The molecule has 0 heterocycles. The van der Waals surface area contributed by atoms with Crippen LogP contribution in [0.2, 0.25) is 6.32 Å². The first-order valence-corrected chi connectivity index (χ1v) is 3.76. The second-order valence-corrected chi connectivity index (χ2v) is 2.49. The van der Waals surface area contributed by atoms with Gasteiger partial charge in [0, 0.05) is 0 Å². The van der Waals surface area contributed by atoms with Gasteiger partial charge < -0.3 is 0 Å². The topological polar surface area (TPSA) is 0 Å². The maximum absolute atomic E-state index is 12.6. The predicted molar refractivity (Wildman–Crippen MR) is 43.9 cm³/mol. The molecule has 0 aliphatic carbocycles. The van der Waals surface area contributed by atoms with E-state index in [4.69, 9.17) is 7.85 Å². The molecule has 56 valence electrons. The van der Waals surface area contributed by atoms with Crippen molar-refractivity contribution in [2.24, 2.45) is 0 Å². The average Bonchev–Trinajstić information content (AvgIpc) is 1.98. The number of rotatable bonds is 4. The number of halogens is 1. The van der Waals surface area contributed by atoms with Gasteiger partial charge in [0.1, 0.15) is 0 Å². The molecule has 0 bridgehead atoms. The lowest BCUT2D eigenvalue weighted by molar-refractivity contribution is 0.612. The minimum Gasteiger partial charge on any atom is -0.213 e. The van der Waals surface area contributed by atoms with E-state index in [1.807, 2.05) is 0 Å². The zero-order chi connectivity index (χ0) is 7.98. The van der Waals surface area contributed by atoms with Crippen LogP contribution in [0.3, 0.4) is 0 Å². The molecule has 0 atom stereocenters. The molecule has 2 heteroatoms. The van der Waals surface area contributed by atoms with E-state index >= 15 is 0 Å². The Bertz CT molecular complexity index is 118. The summed E-state index contributed by atoms with van der Waals surface area (Å²) in [6, 6.07) is 0. The van der Waals surface area contributed by atoms with Crippen molar-refractivity contribution in [1.82, 2.24) is 0 Å². The van der Waals surface area contributed by atoms with Gasteiger partial charge in [-0.25, -0.2) is 4.39 Å². The summed E-state index contributed by atoms with van der Waals surface area (Å²) in [4.78, 5) is 0. The molecule has 0 saturated carbocycles. The largest absolute Gasteiger partial charge is 0.213 e. The molecule has 0 rings (SSSR count). The second-order valence-electron chi connectivity index (χ2n) is 2.49. The van der Waals surface area contributed by atoms with Gasteiger partial charge in [-0.15, -0.1) is 0 Å².